The monoisotopic (exact) mass is 324 g/mol. The van der Waals surface area contributed by atoms with Crippen molar-refractivity contribution < 1.29 is 9.53 Å². The van der Waals surface area contributed by atoms with Crippen LogP contribution in [0.1, 0.15) is 33.4 Å². The van der Waals surface area contributed by atoms with Crippen LogP contribution < -0.4 is 10.2 Å². The molecule has 0 unspecified atom stereocenters. The Hall–Kier alpha value is -2.62. The molecule has 0 bridgehead atoms. The Balaban J connectivity index is 1.91. The van der Waals surface area contributed by atoms with Crippen LogP contribution in [0, 0.1) is 34.6 Å². The van der Waals surface area contributed by atoms with Crippen molar-refractivity contribution >= 4 is 12.1 Å². The summed E-state index contributed by atoms with van der Waals surface area (Å²) in [5.41, 5.74) is 9.23. The van der Waals surface area contributed by atoms with Gasteiger partial charge in [-0.25, -0.2) is 5.43 Å². The van der Waals surface area contributed by atoms with Crippen molar-refractivity contribution in [1.29, 1.82) is 0 Å². The first kappa shape index (κ1) is 17.7. The van der Waals surface area contributed by atoms with Gasteiger partial charge < -0.3 is 4.74 Å². The lowest BCUT2D eigenvalue weighted by atomic mass is 10.0. The molecule has 24 heavy (non-hydrogen) atoms. The molecule has 0 aliphatic carbocycles. The van der Waals surface area contributed by atoms with Crippen molar-refractivity contribution in [1.82, 2.24) is 5.43 Å². The Bertz CT molecular complexity index is 736. The molecule has 0 aliphatic heterocycles. The largest absolute Gasteiger partial charge is 0.484 e. The summed E-state index contributed by atoms with van der Waals surface area (Å²) in [5, 5.41) is 4.04. The molecule has 0 aromatic heterocycles. The summed E-state index contributed by atoms with van der Waals surface area (Å²) in [7, 11) is 0. The maximum atomic E-state index is 11.9. The minimum atomic E-state index is -0.284. The maximum absolute atomic E-state index is 11.9. The number of hydrogen-bond acceptors (Lipinski definition) is 3. The second kappa shape index (κ2) is 7.77. The molecule has 2 aromatic rings. The number of nitrogens with zero attached hydrogens (tertiary/aromatic N) is 1. The van der Waals surface area contributed by atoms with Crippen LogP contribution in [-0.2, 0) is 4.79 Å². The standard InChI is InChI=1S/C20H24N2O2/c1-13-6-14(2)10-18(9-13)24-12-20(23)22-21-11-19-16(4)7-15(3)8-17(19)5/h6-11H,12H2,1-5H3,(H,22,23). The molecule has 2 rings (SSSR count). The normalized spacial score (nSPS) is 10.9. The smallest absolute Gasteiger partial charge is 0.277 e. The number of benzene rings is 2. The highest BCUT2D eigenvalue weighted by Gasteiger charge is 2.04. The summed E-state index contributed by atoms with van der Waals surface area (Å²) in [6.07, 6.45) is 1.68. The average molecular weight is 324 g/mol. The van der Waals surface area contributed by atoms with Crippen LogP contribution in [0.15, 0.2) is 35.4 Å². The minimum absolute atomic E-state index is 0.0634. The third-order valence-corrected chi connectivity index (χ3v) is 3.69. The first-order chi connectivity index (χ1) is 11.3. The van der Waals surface area contributed by atoms with Gasteiger partial charge >= 0.3 is 0 Å². The van der Waals surface area contributed by atoms with Gasteiger partial charge in [0.2, 0.25) is 0 Å². The Labute approximate surface area is 143 Å². The molecule has 1 amide bonds. The van der Waals surface area contributed by atoms with E-state index in [0.717, 1.165) is 27.8 Å². The molecule has 0 saturated heterocycles. The second-order valence-corrected chi connectivity index (χ2v) is 6.22. The molecule has 126 valence electrons. The lowest BCUT2D eigenvalue weighted by Crippen LogP contribution is -2.24. The van der Waals surface area contributed by atoms with Crippen LogP contribution in [-0.4, -0.2) is 18.7 Å². The van der Waals surface area contributed by atoms with E-state index in [1.54, 1.807) is 6.21 Å². The van der Waals surface area contributed by atoms with Crippen LogP contribution in [0.5, 0.6) is 5.75 Å². The highest BCUT2D eigenvalue weighted by atomic mass is 16.5. The van der Waals surface area contributed by atoms with E-state index >= 15 is 0 Å². The van der Waals surface area contributed by atoms with E-state index in [1.165, 1.54) is 5.56 Å². The van der Waals surface area contributed by atoms with Crippen LogP contribution in [0.2, 0.25) is 0 Å². The number of hydrogen-bond donors (Lipinski definition) is 1. The molecule has 0 fully saturated rings. The number of ether oxygens (including phenoxy) is 1. The predicted molar refractivity (Wildman–Crippen MR) is 97.8 cm³/mol. The fourth-order valence-electron chi connectivity index (χ4n) is 2.76. The van der Waals surface area contributed by atoms with E-state index in [0.29, 0.717) is 5.75 Å². The summed E-state index contributed by atoms with van der Waals surface area (Å²) < 4.78 is 5.51. The van der Waals surface area contributed by atoms with Gasteiger partial charge in [-0.15, -0.1) is 0 Å². The quantitative estimate of drug-likeness (QED) is 0.672. The lowest BCUT2D eigenvalue weighted by molar-refractivity contribution is -0.123. The van der Waals surface area contributed by atoms with Gasteiger partial charge in [0.05, 0.1) is 6.21 Å². The van der Waals surface area contributed by atoms with Crippen molar-refractivity contribution in [2.75, 3.05) is 6.61 Å². The summed E-state index contributed by atoms with van der Waals surface area (Å²) >= 11 is 0. The van der Waals surface area contributed by atoms with Crippen molar-refractivity contribution in [3.63, 3.8) is 0 Å². The third-order valence-electron chi connectivity index (χ3n) is 3.69. The Morgan fingerprint density at radius 3 is 2.08 bits per heavy atom. The molecular weight excluding hydrogens is 300 g/mol. The minimum Gasteiger partial charge on any atom is -0.484 e. The first-order valence-corrected chi connectivity index (χ1v) is 7.96. The van der Waals surface area contributed by atoms with Crippen LogP contribution in [0.3, 0.4) is 0 Å². The summed E-state index contributed by atoms with van der Waals surface area (Å²) in [5.74, 6) is 0.407. The number of aryl methyl sites for hydroxylation is 5. The first-order valence-electron chi connectivity index (χ1n) is 7.96. The van der Waals surface area contributed by atoms with E-state index in [2.05, 4.69) is 35.7 Å². The zero-order chi connectivity index (χ0) is 17.7. The van der Waals surface area contributed by atoms with Gasteiger partial charge in [0.1, 0.15) is 5.75 Å². The van der Waals surface area contributed by atoms with Crippen molar-refractivity contribution in [2.24, 2.45) is 5.10 Å². The lowest BCUT2D eigenvalue weighted by Gasteiger charge is -2.08. The topological polar surface area (TPSA) is 50.7 Å². The summed E-state index contributed by atoms with van der Waals surface area (Å²) in [6, 6.07) is 10.1. The highest BCUT2D eigenvalue weighted by Crippen LogP contribution is 2.16. The molecule has 0 heterocycles. The number of amides is 1. The SMILES string of the molecule is Cc1cc(C)cc(OCC(=O)NN=Cc2c(C)cc(C)cc2C)c1. The van der Waals surface area contributed by atoms with Crippen molar-refractivity contribution in [2.45, 2.75) is 34.6 Å². The molecule has 4 heteroatoms. The molecule has 0 spiro atoms. The zero-order valence-corrected chi connectivity index (χ0v) is 14.9. The fraction of sp³-hybridized carbons (Fsp3) is 0.300. The Morgan fingerprint density at radius 1 is 0.958 bits per heavy atom. The predicted octanol–water partition coefficient (Wildman–Crippen LogP) is 3.76. The van der Waals surface area contributed by atoms with Crippen LogP contribution in [0.25, 0.3) is 0 Å². The van der Waals surface area contributed by atoms with Gasteiger partial charge in [0, 0.05) is 5.56 Å². The summed E-state index contributed by atoms with van der Waals surface area (Å²) in [4.78, 5) is 11.9. The van der Waals surface area contributed by atoms with E-state index in [1.807, 2.05) is 39.8 Å². The van der Waals surface area contributed by atoms with Crippen molar-refractivity contribution in [3.05, 3.63) is 63.7 Å². The molecule has 0 radical (unpaired) electrons. The molecule has 4 nitrogen and oxygen atoms in total. The van der Waals surface area contributed by atoms with Gasteiger partial charge in [0.15, 0.2) is 6.61 Å². The third kappa shape index (κ3) is 4.95. The number of carbonyl (C=O) groups excluding carboxylic acids is 1. The van der Waals surface area contributed by atoms with E-state index in [4.69, 9.17) is 4.74 Å². The number of carbonyl (C=O) groups is 1. The van der Waals surface area contributed by atoms with Gasteiger partial charge in [-0.05, 0) is 69.0 Å². The van der Waals surface area contributed by atoms with Crippen LogP contribution >= 0.6 is 0 Å². The Morgan fingerprint density at radius 2 is 1.50 bits per heavy atom. The zero-order valence-electron chi connectivity index (χ0n) is 14.9. The molecule has 0 aliphatic rings. The van der Waals surface area contributed by atoms with E-state index < -0.39 is 0 Å². The maximum Gasteiger partial charge on any atom is 0.277 e. The van der Waals surface area contributed by atoms with Crippen molar-refractivity contribution in [3.8, 4) is 5.75 Å². The number of rotatable bonds is 5. The molecule has 1 N–H and O–H groups in total. The molecule has 0 atom stereocenters. The number of nitrogens with one attached hydrogen (secondary N) is 1. The average Bonchev–Trinajstić information content (AvgIpc) is 2.47. The van der Waals surface area contributed by atoms with Crippen LogP contribution in [0.4, 0.5) is 0 Å². The molecular formula is C20H24N2O2. The van der Waals surface area contributed by atoms with E-state index in [9.17, 15) is 4.79 Å². The van der Waals surface area contributed by atoms with Gasteiger partial charge in [0.25, 0.3) is 5.91 Å². The number of hydrazone groups is 1. The Kier molecular flexibility index (Phi) is 5.74. The highest BCUT2D eigenvalue weighted by molar-refractivity contribution is 5.85. The van der Waals surface area contributed by atoms with Gasteiger partial charge in [-0.2, -0.15) is 5.10 Å². The molecule has 0 saturated carbocycles. The van der Waals surface area contributed by atoms with E-state index in [-0.39, 0.29) is 12.5 Å². The molecule has 2 aromatic carbocycles. The fourth-order valence-corrected chi connectivity index (χ4v) is 2.76. The second-order valence-electron chi connectivity index (χ2n) is 6.22. The summed E-state index contributed by atoms with van der Waals surface area (Å²) in [6.45, 7) is 10.1. The van der Waals surface area contributed by atoms with Gasteiger partial charge in [-0.1, -0.05) is 23.8 Å². The van der Waals surface area contributed by atoms with Gasteiger partial charge in [-0.3, -0.25) is 4.79 Å².